The summed E-state index contributed by atoms with van der Waals surface area (Å²) in [5.41, 5.74) is 3.82. The summed E-state index contributed by atoms with van der Waals surface area (Å²) < 4.78 is 2.22. The summed E-state index contributed by atoms with van der Waals surface area (Å²) in [7, 11) is 0. The van der Waals surface area contributed by atoms with Crippen molar-refractivity contribution < 1.29 is 0 Å². The Bertz CT molecular complexity index is 1230. The largest absolute Gasteiger partial charge is 0.282 e. The van der Waals surface area contributed by atoms with Gasteiger partial charge in [-0.15, -0.1) is 11.3 Å². The number of benzene rings is 2. The minimum Gasteiger partial charge on any atom is -0.267 e. The van der Waals surface area contributed by atoms with E-state index in [1.807, 2.05) is 35.7 Å². The van der Waals surface area contributed by atoms with E-state index in [1.165, 1.54) is 27.1 Å². The Labute approximate surface area is 169 Å². The Morgan fingerprint density at radius 3 is 2.70 bits per heavy atom. The van der Waals surface area contributed by atoms with Gasteiger partial charge in [0.15, 0.2) is 5.82 Å². The monoisotopic (exact) mass is 437 g/mol. The summed E-state index contributed by atoms with van der Waals surface area (Å²) in [4.78, 5) is 18.7. The van der Waals surface area contributed by atoms with Gasteiger partial charge in [-0.1, -0.05) is 40.2 Å². The van der Waals surface area contributed by atoms with Crippen LogP contribution in [-0.2, 0) is 0 Å². The highest BCUT2D eigenvalue weighted by atomic mass is 79.9. The first-order chi connectivity index (χ1) is 13.0. The summed E-state index contributed by atoms with van der Waals surface area (Å²) in [6.45, 7) is 4.13. The fourth-order valence-corrected chi connectivity index (χ4v) is 3.85. The van der Waals surface area contributed by atoms with Crippen LogP contribution in [0.4, 0.5) is 0 Å². The Morgan fingerprint density at radius 2 is 1.96 bits per heavy atom. The van der Waals surface area contributed by atoms with Crippen molar-refractivity contribution in [2.45, 2.75) is 13.8 Å². The first kappa shape index (κ1) is 17.8. The molecule has 0 saturated carbocycles. The Balaban J connectivity index is 1.93. The number of hydrogen-bond donors (Lipinski definition) is 0. The molecule has 4 nitrogen and oxygen atoms in total. The van der Waals surface area contributed by atoms with Crippen LogP contribution in [0, 0.1) is 13.8 Å². The predicted molar refractivity (Wildman–Crippen MR) is 116 cm³/mol. The molecule has 0 amide bonds. The summed E-state index contributed by atoms with van der Waals surface area (Å²) >= 11 is 4.96. The molecular weight excluding hydrogens is 422 g/mol. The van der Waals surface area contributed by atoms with E-state index in [2.05, 4.69) is 47.0 Å². The van der Waals surface area contributed by atoms with Crippen LogP contribution < -0.4 is 5.56 Å². The number of rotatable bonds is 3. The number of hydrogen-bond acceptors (Lipinski definition) is 4. The number of halogens is 1. The Kier molecular flexibility index (Phi) is 4.76. The van der Waals surface area contributed by atoms with Crippen LogP contribution in [-0.4, -0.2) is 15.9 Å². The van der Waals surface area contributed by atoms with Crippen LogP contribution >= 0.6 is 27.3 Å². The number of fused-ring (bicyclic) bond motifs is 1. The average Bonchev–Trinajstić information content (AvgIpc) is 3.18. The third-order valence-electron chi connectivity index (χ3n) is 4.40. The van der Waals surface area contributed by atoms with Crippen LogP contribution in [0.5, 0.6) is 0 Å². The van der Waals surface area contributed by atoms with E-state index >= 15 is 0 Å². The van der Waals surface area contributed by atoms with Gasteiger partial charge < -0.3 is 0 Å². The maximum atomic E-state index is 13.1. The first-order valence-electron chi connectivity index (χ1n) is 8.41. The Morgan fingerprint density at radius 1 is 1.11 bits per heavy atom. The van der Waals surface area contributed by atoms with Gasteiger partial charge in [0.1, 0.15) is 0 Å². The number of thiophene rings is 1. The van der Waals surface area contributed by atoms with Crippen molar-refractivity contribution in [1.29, 1.82) is 0 Å². The third-order valence-corrected chi connectivity index (χ3v) is 5.76. The highest BCUT2D eigenvalue weighted by Gasteiger charge is 2.13. The van der Waals surface area contributed by atoms with Crippen molar-refractivity contribution >= 4 is 44.4 Å². The molecule has 0 atom stereocenters. The van der Waals surface area contributed by atoms with Crippen molar-refractivity contribution in [2.24, 2.45) is 5.10 Å². The molecule has 0 aliphatic carbocycles. The molecule has 2 heterocycles. The quantitative estimate of drug-likeness (QED) is 0.403. The van der Waals surface area contributed by atoms with Crippen molar-refractivity contribution in [3.05, 3.63) is 85.4 Å². The molecule has 0 N–H and O–H groups in total. The van der Waals surface area contributed by atoms with Crippen LogP contribution in [0.2, 0.25) is 0 Å². The fraction of sp³-hybridized carbons (Fsp3) is 0.0952. The number of nitrogens with zero attached hydrogens (tertiary/aromatic N) is 3. The lowest BCUT2D eigenvalue weighted by Gasteiger charge is -2.08. The molecule has 4 aromatic rings. The molecule has 2 aromatic heterocycles. The molecule has 0 saturated heterocycles. The second kappa shape index (κ2) is 7.21. The second-order valence-electron chi connectivity index (χ2n) is 6.28. The van der Waals surface area contributed by atoms with Crippen LogP contribution in [0.3, 0.4) is 0 Å². The van der Waals surface area contributed by atoms with E-state index in [-0.39, 0.29) is 5.56 Å². The first-order valence-corrected chi connectivity index (χ1v) is 10.1. The molecule has 4 rings (SSSR count). The van der Waals surface area contributed by atoms with Gasteiger partial charge in [0.25, 0.3) is 5.56 Å². The normalized spacial score (nSPS) is 11.5. The minimum absolute atomic E-state index is 0.190. The molecule has 0 radical (unpaired) electrons. The maximum absolute atomic E-state index is 13.1. The van der Waals surface area contributed by atoms with E-state index in [4.69, 9.17) is 4.98 Å². The number of aromatic nitrogens is 2. The van der Waals surface area contributed by atoms with Crippen molar-refractivity contribution in [3.63, 3.8) is 0 Å². The van der Waals surface area contributed by atoms with Gasteiger partial charge in [-0.25, -0.2) is 4.98 Å². The summed E-state index contributed by atoms with van der Waals surface area (Å²) in [5, 5.41) is 6.98. The standard InChI is InChI=1S/C21H16BrN3OS/c1-13-5-6-15(10-14(13)2)12-23-25-20(19-4-3-9-27-19)24-18-8-7-16(22)11-17(18)21(25)26/h3-12H,1-2H3. The van der Waals surface area contributed by atoms with Crippen LogP contribution in [0.25, 0.3) is 21.6 Å². The average molecular weight is 438 g/mol. The molecule has 0 bridgehead atoms. The SMILES string of the molecule is Cc1ccc(C=Nn2c(-c3cccs3)nc3ccc(Br)cc3c2=O)cc1C. The van der Waals surface area contributed by atoms with Crippen LogP contribution in [0.15, 0.2) is 68.3 Å². The zero-order valence-corrected chi connectivity index (χ0v) is 17.2. The van der Waals surface area contributed by atoms with E-state index in [9.17, 15) is 4.79 Å². The van der Waals surface area contributed by atoms with Gasteiger partial charge in [0.05, 0.1) is 22.0 Å². The molecule has 0 aliphatic rings. The molecule has 134 valence electrons. The summed E-state index contributed by atoms with van der Waals surface area (Å²) in [5.74, 6) is 0.546. The predicted octanol–water partition coefficient (Wildman–Crippen LogP) is 5.39. The maximum Gasteiger partial charge on any atom is 0.282 e. The van der Waals surface area contributed by atoms with Gasteiger partial charge in [-0.2, -0.15) is 9.78 Å². The lowest BCUT2D eigenvalue weighted by atomic mass is 10.1. The lowest BCUT2D eigenvalue weighted by molar-refractivity contribution is 0.832. The Hall–Kier alpha value is -2.57. The molecule has 0 aliphatic heterocycles. The lowest BCUT2D eigenvalue weighted by Crippen LogP contribution is -2.20. The molecular formula is C21H16BrN3OS. The van der Waals surface area contributed by atoms with Crippen molar-refractivity contribution in [2.75, 3.05) is 0 Å². The second-order valence-corrected chi connectivity index (χ2v) is 8.14. The molecule has 6 heteroatoms. The zero-order chi connectivity index (χ0) is 19.0. The molecule has 0 fully saturated rings. The van der Waals surface area contributed by atoms with Crippen molar-refractivity contribution in [3.8, 4) is 10.7 Å². The van der Waals surface area contributed by atoms with Gasteiger partial charge in [0, 0.05) is 4.47 Å². The smallest absolute Gasteiger partial charge is 0.267 e. The van der Waals surface area contributed by atoms with Gasteiger partial charge in [-0.3, -0.25) is 4.79 Å². The van der Waals surface area contributed by atoms with E-state index in [1.54, 1.807) is 12.3 Å². The topological polar surface area (TPSA) is 47.2 Å². The van der Waals surface area contributed by atoms with E-state index < -0.39 is 0 Å². The van der Waals surface area contributed by atoms with Gasteiger partial charge in [-0.05, 0) is 60.2 Å². The van der Waals surface area contributed by atoms with Gasteiger partial charge in [0.2, 0.25) is 0 Å². The highest BCUT2D eigenvalue weighted by molar-refractivity contribution is 9.10. The van der Waals surface area contributed by atoms with Gasteiger partial charge >= 0.3 is 0 Å². The summed E-state index contributed by atoms with van der Waals surface area (Å²) in [6, 6.07) is 15.5. The molecule has 2 aromatic carbocycles. The minimum atomic E-state index is -0.190. The van der Waals surface area contributed by atoms with E-state index in [0.717, 1.165) is 14.9 Å². The van der Waals surface area contributed by atoms with E-state index in [0.29, 0.717) is 16.7 Å². The number of aryl methyl sites for hydroxylation is 2. The summed E-state index contributed by atoms with van der Waals surface area (Å²) in [6.07, 6.45) is 1.70. The van der Waals surface area contributed by atoms with Crippen molar-refractivity contribution in [1.82, 2.24) is 9.66 Å². The molecule has 0 spiro atoms. The van der Waals surface area contributed by atoms with Crippen LogP contribution in [0.1, 0.15) is 16.7 Å². The fourth-order valence-electron chi connectivity index (χ4n) is 2.79. The molecule has 0 unspecified atom stereocenters. The highest BCUT2D eigenvalue weighted by Crippen LogP contribution is 2.24. The zero-order valence-electron chi connectivity index (χ0n) is 14.8. The molecule has 27 heavy (non-hydrogen) atoms. The third kappa shape index (κ3) is 3.50.